The fourth-order valence-electron chi connectivity index (χ4n) is 2.51. The molecule has 5 N–H and O–H groups in total. The highest BCUT2D eigenvalue weighted by Crippen LogP contribution is 2.17. The highest BCUT2D eigenvalue weighted by atomic mass is 16.5. The first-order valence-electron chi connectivity index (χ1n) is 7.22. The molecule has 0 aromatic heterocycles. The number of piperidine rings is 1. The first-order valence-corrected chi connectivity index (χ1v) is 7.22. The van der Waals surface area contributed by atoms with E-state index in [0.717, 1.165) is 25.9 Å². The van der Waals surface area contributed by atoms with Crippen molar-refractivity contribution in [1.82, 2.24) is 4.90 Å². The number of primary amides is 1. The molecule has 1 aromatic rings. The van der Waals surface area contributed by atoms with Crippen molar-refractivity contribution in [2.45, 2.75) is 18.9 Å². The fraction of sp³-hybridized carbons (Fsp3) is 0.533. The van der Waals surface area contributed by atoms with Gasteiger partial charge in [0.25, 0.3) is 0 Å². The third kappa shape index (κ3) is 4.91. The molecule has 1 fully saturated rings. The number of ether oxygens (including phenoxy) is 1. The van der Waals surface area contributed by atoms with Gasteiger partial charge in [-0.25, -0.2) is 0 Å². The molecule has 1 saturated heterocycles. The molecule has 0 saturated carbocycles. The van der Waals surface area contributed by atoms with Gasteiger partial charge in [0.15, 0.2) is 0 Å². The predicted octanol–water partition coefficient (Wildman–Crippen LogP) is 0.206. The number of carbonyl (C=O) groups excluding carboxylic acids is 1. The van der Waals surface area contributed by atoms with Gasteiger partial charge in [-0.3, -0.25) is 4.79 Å². The minimum Gasteiger partial charge on any atom is -0.491 e. The standard InChI is InChI=1S/C15H23N3O3/c16-12-1-3-14(4-2-12)21-10-13(19)9-18-7-5-11(6-8-18)15(17)20/h1-4,11,13,19H,5-10,16H2,(H2,17,20). The van der Waals surface area contributed by atoms with Crippen LogP contribution in [0.4, 0.5) is 5.69 Å². The van der Waals surface area contributed by atoms with Crippen molar-refractivity contribution >= 4 is 11.6 Å². The Labute approximate surface area is 124 Å². The van der Waals surface area contributed by atoms with E-state index in [0.29, 0.717) is 18.0 Å². The summed E-state index contributed by atoms with van der Waals surface area (Å²) >= 11 is 0. The number of likely N-dealkylation sites (tertiary alicyclic amines) is 1. The lowest BCUT2D eigenvalue weighted by molar-refractivity contribution is -0.123. The van der Waals surface area contributed by atoms with Gasteiger partial charge in [-0.15, -0.1) is 0 Å². The Morgan fingerprint density at radius 1 is 1.33 bits per heavy atom. The number of aliphatic hydroxyl groups excluding tert-OH is 1. The molecule has 116 valence electrons. The van der Waals surface area contributed by atoms with Crippen LogP contribution in [0.2, 0.25) is 0 Å². The van der Waals surface area contributed by atoms with Crippen molar-refractivity contribution in [3.8, 4) is 5.75 Å². The lowest BCUT2D eigenvalue weighted by Crippen LogP contribution is -2.43. The van der Waals surface area contributed by atoms with Crippen LogP contribution in [0.1, 0.15) is 12.8 Å². The van der Waals surface area contributed by atoms with Crippen LogP contribution in [0.5, 0.6) is 5.75 Å². The van der Waals surface area contributed by atoms with E-state index >= 15 is 0 Å². The molecule has 21 heavy (non-hydrogen) atoms. The van der Waals surface area contributed by atoms with Gasteiger partial charge < -0.3 is 26.2 Å². The first kappa shape index (κ1) is 15.6. The van der Waals surface area contributed by atoms with Crippen LogP contribution in [-0.2, 0) is 4.79 Å². The third-order valence-electron chi connectivity index (χ3n) is 3.78. The summed E-state index contributed by atoms with van der Waals surface area (Å²) in [6.07, 6.45) is 0.967. The number of carbonyl (C=O) groups is 1. The molecule has 2 rings (SSSR count). The molecule has 1 unspecified atom stereocenters. The minimum atomic E-state index is -0.562. The largest absolute Gasteiger partial charge is 0.491 e. The third-order valence-corrected chi connectivity index (χ3v) is 3.78. The van der Waals surface area contributed by atoms with Gasteiger partial charge in [-0.2, -0.15) is 0 Å². The Hall–Kier alpha value is -1.79. The van der Waals surface area contributed by atoms with E-state index in [1.807, 2.05) is 0 Å². The second-order valence-corrected chi connectivity index (χ2v) is 5.51. The topological polar surface area (TPSA) is 102 Å². The molecule has 1 heterocycles. The zero-order valence-corrected chi connectivity index (χ0v) is 12.1. The van der Waals surface area contributed by atoms with E-state index in [9.17, 15) is 9.90 Å². The highest BCUT2D eigenvalue weighted by Gasteiger charge is 2.24. The molecule has 1 aromatic carbocycles. The van der Waals surface area contributed by atoms with Gasteiger partial charge >= 0.3 is 0 Å². The lowest BCUT2D eigenvalue weighted by Gasteiger charge is -2.31. The van der Waals surface area contributed by atoms with E-state index in [4.69, 9.17) is 16.2 Å². The van der Waals surface area contributed by atoms with Crippen molar-refractivity contribution in [2.24, 2.45) is 11.7 Å². The summed E-state index contributed by atoms with van der Waals surface area (Å²) in [6.45, 7) is 2.35. The number of amides is 1. The molecule has 0 radical (unpaired) electrons. The molecular formula is C15H23N3O3. The number of aliphatic hydroxyl groups is 1. The zero-order valence-electron chi connectivity index (χ0n) is 12.1. The number of β-amino-alcohol motifs (C(OH)–C–C–N with tert-alkyl or cyclic N) is 1. The number of hydrogen-bond acceptors (Lipinski definition) is 5. The number of hydrogen-bond donors (Lipinski definition) is 3. The molecule has 0 spiro atoms. The molecule has 1 amide bonds. The number of nitrogens with two attached hydrogens (primary N) is 2. The van der Waals surface area contributed by atoms with E-state index in [2.05, 4.69) is 4.90 Å². The molecule has 1 aliphatic rings. The second kappa shape index (κ2) is 7.28. The average molecular weight is 293 g/mol. The Morgan fingerprint density at radius 3 is 2.52 bits per heavy atom. The van der Waals surface area contributed by atoms with Gasteiger partial charge in [0.05, 0.1) is 0 Å². The Morgan fingerprint density at radius 2 is 1.95 bits per heavy atom. The van der Waals surface area contributed by atoms with Crippen LogP contribution in [0.3, 0.4) is 0 Å². The summed E-state index contributed by atoms with van der Waals surface area (Å²) in [5.41, 5.74) is 11.6. The molecule has 6 heteroatoms. The quantitative estimate of drug-likeness (QED) is 0.651. The summed E-state index contributed by atoms with van der Waals surface area (Å²) < 4.78 is 5.52. The fourth-order valence-corrected chi connectivity index (χ4v) is 2.51. The maximum atomic E-state index is 11.1. The monoisotopic (exact) mass is 293 g/mol. The van der Waals surface area contributed by atoms with Crippen LogP contribution in [-0.4, -0.2) is 48.3 Å². The smallest absolute Gasteiger partial charge is 0.220 e. The van der Waals surface area contributed by atoms with Gasteiger partial charge in [0.1, 0.15) is 18.5 Å². The molecule has 1 atom stereocenters. The van der Waals surface area contributed by atoms with E-state index in [1.165, 1.54) is 0 Å². The number of rotatable bonds is 6. The summed E-state index contributed by atoms with van der Waals surface area (Å²) in [5.74, 6) is 0.446. The Balaban J connectivity index is 1.69. The SMILES string of the molecule is NC(=O)C1CCN(CC(O)COc2ccc(N)cc2)CC1. The average Bonchev–Trinajstić information content (AvgIpc) is 2.47. The number of benzene rings is 1. The molecule has 0 aliphatic carbocycles. The predicted molar refractivity (Wildman–Crippen MR) is 80.7 cm³/mol. The number of anilines is 1. The van der Waals surface area contributed by atoms with Gasteiger partial charge in [-0.1, -0.05) is 0 Å². The van der Waals surface area contributed by atoms with Crippen LogP contribution in [0.15, 0.2) is 24.3 Å². The molecular weight excluding hydrogens is 270 g/mol. The van der Waals surface area contributed by atoms with Crippen molar-refractivity contribution in [1.29, 1.82) is 0 Å². The van der Waals surface area contributed by atoms with Crippen LogP contribution in [0, 0.1) is 5.92 Å². The maximum absolute atomic E-state index is 11.1. The number of nitrogen functional groups attached to an aromatic ring is 1. The van der Waals surface area contributed by atoms with Crippen LogP contribution >= 0.6 is 0 Å². The van der Waals surface area contributed by atoms with E-state index in [1.54, 1.807) is 24.3 Å². The van der Waals surface area contributed by atoms with Crippen molar-refractivity contribution in [2.75, 3.05) is 32.0 Å². The van der Waals surface area contributed by atoms with Gasteiger partial charge in [-0.05, 0) is 50.2 Å². The van der Waals surface area contributed by atoms with Crippen molar-refractivity contribution in [3.63, 3.8) is 0 Å². The van der Waals surface area contributed by atoms with E-state index in [-0.39, 0.29) is 18.4 Å². The second-order valence-electron chi connectivity index (χ2n) is 5.51. The summed E-state index contributed by atoms with van der Waals surface area (Å²) in [5, 5.41) is 10.0. The summed E-state index contributed by atoms with van der Waals surface area (Å²) in [6, 6.07) is 7.08. The minimum absolute atomic E-state index is 0.0237. The Kier molecular flexibility index (Phi) is 5.41. The number of nitrogens with zero attached hydrogens (tertiary/aromatic N) is 1. The molecule has 1 aliphatic heterocycles. The van der Waals surface area contributed by atoms with Crippen LogP contribution in [0.25, 0.3) is 0 Å². The van der Waals surface area contributed by atoms with Gasteiger partial charge in [0.2, 0.25) is 5.91 Å². The Bertz CT molecular complexity index is 456. The summed E-state index contributed by atoms with van der Waals surface area (Å²) in [4.78, 5) is 13.2. The summed E-state index contributed by atoms with van der Waals surface area (Å²) in [7, 11) is 0. The van der Waals surface area contributed by atoms with Crippen molar-refractivity contribution < 1.29 is 14.6 Å². The first-order chi connectivity index (χ1) is 10.0. The van der Waals surface area contributed by atoms with Crippen molar-refractivity contribution in [3.05, 3.63) is 24.3 Å². The zero-order chi connectivity index (χ0) is 15.2. The normalized spacial score (nSPS) is 18.3. The molecule has 0 bridgehead atoms. The maximum Gasteiger partial charge on any atom is 0.220 e. The molecule has 6 nitrogen and oxygen atoms in total. The van der Waals surface area contributed by atoms with Crippen LogP contribution < -0.4 is 16.2 Å². The highest BCUT2D eigenvalue weighted by molar-refractivity contribution is 5.76. The van der Waals surface area contributed by atoms with E-state index < -0.39 is 6.10 Å². The van der Waals surface area contributed by atoms with Gasteiger partial charge in [0, 0.05) is 18.2 Å². The lowest BCUT2D eigenvalue weighted by atomic mass is 9.96.